The summed E-state index contributed by atoms with van der Waals surface area (Å²) < 4.78 is 28.4. The molecule has 1 saturated heterocycles. The first-order valence-electron chi connectivity index (χ1n) is 29.6. The molecule has 0 radical (unpaired) electrons. The van der Waals surface area contributed by atoms with Crippen LogP contribution < -0.4 is 0 Å². The summed E-state index contributed by atoms with van der Waals surface area (Å²) in [6.07, 6.45) is 52.6. The zero-order valence-corrected chi connectivity index (χ0v) is 47.0. The van der Waals surface area contributed by atoms with Crippen LogP contribution in [0.4, 0.5) is 0 Å². The molecule has 1 rings (SSSR count). The summed E-state index contributed by atoms with van der Waals surface area (Å²) in [6.45, 7) is 5.80. The van der Waals surface area contributed by atoms with Gasteiger partial charge in [0.2, 0.25) is 0 Å². The first-order chi connectivity index (χ1) is 36.6. The van der Waals surface area contributed by atoms with E-state index in [1.54, 1.807) is 0 Å². The lowest BCUT2D eigenvalue weighted by Crippen LogP contribution is -2.61. The number of rotatable bonds is 49. The number of hydrogen-bond acceptors (Lipinski definition) is 11. The van der Waals surface area contributed by atoms with Gasteiger partial charge in [-0.3, -0.25) is 14.4 Å². The molecule has 1 aliphatic heterocycles. The van der Waals surface area contributed by atoms with Gasteiger partial charge >= 0.3 is 23.9 Å². The second-order valence-corrected chi connectivity index (χ2v) is 19.9. The fourth-order valence-corrected chi connectivity index (χ4v) is 8.33. The van der Waals surface area contributed by atoms with Gasteiger partial charge in [0.25, 0.3) is 0 Å². The van der Waals surface area contributed by atoms with Crippen molar-refractivity contribution in [3.05, 3.63) is 85.1 Å². The van der Waals surface area contributed by atoms with Crippen LogP contribution in [0.3, 0.4) is 0 Å². The number of unbranched alkanes of at least 4 members (excludes halogenated alkanes) is 21. The van der Waals surface area contributed by atoms with E-state index in [1.807, 2.05) is 0 Å². The maximum Gasteiger partial charge on any atom is 0.335 e. The lowest BCUT2D eigenvalue weighted by Gasteiger charge is -2.40. The van der Waals surface area contributed by atoms with E-state index in [4.69, 9.17) is 23.7 Å². The van der Waals surface area contributed by atoms with Gasteiger partial charge in [-0.2, -0.15) is 0 Å². The molecule has 0 saturated carbocycles. The van der Waals surface area contributed by atoms with Crippen LogP contribution in [-0.4, -0.2) is 89.2 Å². The summed E-state index contributed by atoms with van der Waals surface area (Å²) in [5.41, 5.74) is 0. The van der Waals surface area contributed by atoms with Crippen molar-refractivity contribution in [1.82, 2.24) is 0 Å². The summed E-state index contributed by atoms with van der Waals surface area (Å²) in [7, 11) is 0. The van der Waals surface area contributed by atoms with Gasteiger partial charge in [-0.15, -0.1) is 0 Å². The molecule has 428 valence electrons. The van der Waals surface area contributed by atoms with Crippen molar-refractivity contribution in [2.45, 2.75) is 276 Å². The Labute approximate surface area is 454 Å². The summed E-state index contributed by atoms with van der Waals surface area (Å²) in [5.74, 6) is -3.18. The third-order valence-electron chi connectivity index (χ3n) is 12.9. The zero-order chi connectivity index (χ0) is 54.7. The quantitative estimate of drug-likeness (QED) is 0.0228. The normalized spacial score (nSPS) is 18.8. The minimum absolute atomic E-state index is 0.0398. The predicted octanol–water partition coefficient (Wildman–Crippen LogP) is 15.1. The van der Waals surface area contributed by atoms with E-state index in [1.165, 1.54) is 25.7 Å². The predicted molar refractivity (Wildman–Crippen MR) is 303 cm³/mol. The van der Waals surface area contributed by atoms with Crippen LogP contribution >= 0.6 is 0 Å². The smallest absolute Gasteiger partial charge is 0.335 e. The Bertz CT molecular complexity index is 1630. The van der Waals surface area contributed by atoms with Crippen LogP contribution in [0.2, 0.25) is 0 Å². The molecule has 1 aliphatic rings. The van der Waals surface area contributed by atoms with Gasteiger partial charge in [0.15, 0.2) is 24.6 Å². The van der Waals surface area contributed by atoms with E-state index in [9.17, 15) is 34.5 Å². The molecule has 6 atom stereocenters. The number of carboxylic acids is 1. The van der Waals surface area contributed by atoms with Crippen LogP contribution in [0, 0.1) is 0 Å². The number of allylic oxidation sites excluding steroid dienone is 14. The Morgan fingerprint density at radius 1 is 0.440 bits per heavy atom. The summed E-state index contributed by atoms with van der Waals surface area (Å²) >= 11 is 0. The minimum atomic E-state index is -1.91. The van der Waals surface area contributed by atoms with E-state index in [0.29, 0.717) is 19.3 Å². The molecule has 3 N–H and O–H groups in total. The van der Waals surface area contributed by atoms with Crippen molar-refractivity contribution in [1.29, 1.82) is 0 Å². The largest absolute Gasteiger partial charge is 0.479 e. The first kappa shape index (κ1) is 68.9. The maximum absolute atomic E-state index is 13.1. The molecule has 0 aliphatic carbocycles. The summed E-state index contributed by atoms with van der Waals surface area (Å²) in [6, 6.07) is 0. The standard InChI is InChI=1S/C63H104O12/c1-4-7-10-13-16-19-22-25-26-27-28-29-30-33-36-39-42-45-48-51-57(66)74-61-59(68)58(67)60(62(69)70)75-63(61)72-53-54(73-56(65)50-47-44-41-38-35-32-24-21-18-15-12-9-6-3)52-71-55(64)49-46-43-40-37-34-31-23-20-17-14-11-8-5-2/h11-12,14-16,19-21,23-26,28-29,54,58-61,63,67-68H,4-10,13,17-18,22,27,30-53H2,1-3H3,(H,69,70)/b14-11-,15-12-,19-16-,23-20-,24-21-,26-25-,29-28-. The Balaban J connectivity index is 2.70. The van der Waals surface area contributed by atoms with Crippen molar-refractivity contribution in [2.75, 3.05) is 13.2 Å². The number of aliphatic carboxylic acids is 1. The van der Waals surface area contributed by atoms with Crippen molar-refractivity contribution >= 4 is 23.9 Å². The number of carboxylic acid groups (broad SMARTS) is 1. The average molecular weight is 1050 g/mol. The molecular formula is C63H104O12. The highest BCUT2D eigenvalue weighted by atomic mass is 16.7. The van der Waals surface area contributed by atoms with Gasteiger partial charge in [-0.05, 0) is 109 Å². The van der Waals surface area contributed by atoms with Crippen molar-refractivity contribution in [2.24, 2.45) is 0 Å². The molecule has 75 heavy (non-hydrogen) atoms. The lowest BCUT2D eigenvalue weighted by molar-refractivity contribution is -0.301. The number of esters is 3. The molecule has 0 aromatic rings. The van der Waals surface area contributed by atoms with Gasteiger partial charge in [0.1, 0.15) is 18.8 Å². The molecule has 1 heterocycles. The fraction of sp³-hybridized carbons (Fsp3) is 0.714. The second kappa shape index (κ2) is 50.7. The number of aliphatic hydroxyl groups is 2. The molecule has 6 unspecified atom stereocenters. The highest BCUT2D eigenvalue weighted by Crippen LogP contribution is 2.26. The van der Waals surface area contributed by atoms with E-state index in [-0.39, 0.29) is 25.9 Å². The highest BCUT2D eigenvalue weighted by molar-refractivity contribution is 5.74. The molecule has 0 amide bonds. The number of carbonyl (C=O) groups is 4. The number of aliphatic hydroxyl groups excluding tert-OH is 2. The van der Waals surface area contributed by atoms with E-state index < -0.39 is 67.3 Å². The van der Waals surface area contributed by atoms with E-state index in [2.05, 4.69) is 106 Å². The van der Waals surface area contributed by atoms with Crippen molar-refractivity contribution < 1.29 is 58.2 Å². The second-order valence-electron chi connectivity index (χ2n) is 19.9. The van der Waals surface area contributed by atoms with E-state index >= 15 is 0 Å². The average Bonchev–Trinajstić information content (AvgIpc) is 3.39. The number of ether oxygens (including phenoxy) is 5. The van der Waals surface area contributed by atoms with Crippen LogP contribution in [-0.2, 0) is 42.9 Å². The van der Waals surface area contributed by atoms with Gasteiger partial charge in [-0.25, -0.2) is 4.79 Å². The number of carbonyl (C=O) groups excluding carboxylic acids is 3. The summed E-state index contributed by atoms with van der Waals surface area (Å²) in [4.78, 5) is 51.1. The lowest BCUT2D eigenvalue weighted by atomic mass is 9.98. The maximum atomic E-state index is 13.1. The molecular weight excluding hydrogens is 949 g/mol. The highest BCUT2D eigenvalue weighted by Gasteiger charge is 2.50. The molecule has 12 heteroatoms. The first-order valence-corrected chi connectivity index (χ1v) is 29.6. The Morgan fingerprint density at radius 2 is 0.827 bits per heavy atom. The third kappa shape index (κ3) is 40.8. The molecule has 0 aromatic heterocycles. The number of hydrogen-bond donors (Lipinski definition) is 3. The van der Waals surface area contributed by atoms with Gasteiger partial charge < -0.3 is 39.0 Å². The van der Waals surface area contributed by atoms with Crippen LogP contribution in [0.5, 0.6) is 0 Å². The summed E-state index contributed by atoms with van der Waals surface area (Å²) in [5, 5.41) is 31.5. The van der Waals surface area contributed by atoms with Crippen LogP contribution in [0.25, 0.3) is 0 Å². The third-order valence-corrected chi connectivity index (χ3v) is 12.9. The Kier molecular flexibility index (Phi) is 46.6. The zero-order valence-electron chi connectivity index (χ0n) is 47.0. The molecule has 12 nitrogen and oxygen atoms in total. The molecule has 1 fully saturated rings. The van der Waals surface area contributed by atoms with Gasteiger partial charge in [0, 0.05) is 19.3 Å². The molecule has 0 spiro atoms. The van der Waals surface area contributed by atoms with Crippen LogP contribution in [0.1, 0.15) is 239 Å². The fourth-order valence-electron chi connectivity index (χ4n) is 8.33. The van der Waals surface area contributed by atoms with Gasteiger partial charge in [-0.1, -0.05) is 196 Å². The van der Waals surface area contributed by atoms with Crippen molar-refractivity contribution in [3.63, 3.8) is 0 Å². The van der Waals surface area contributed by atoms with E-state index in [0.717, 1.165) is 154 Å². The van der Waals surface area contributed by atoms with Gasteiger partial charge in [0.05, 0.1) is 6.61 Å². The monoisotopic (exact) mass is 1050 g/mol. The topological polar surface area (TPSA) is 175 Å². The minimum Gasteiger partial charge on any atom is -0.479 e. The van der Waals surface area contributed by atoms with Crippen molar-refractivity contribution in [3.8, 4) is 0 Å². The van der Waals surface area contributed by atoms with Crippen LogP contribution in [0.15, 0.2) is 85.1 Å². The molecule has 0 bridgehead atoms. The Hall–Kier alpha value is -4.10. The Morgan fingerprint density at radius 3 is 1.27 bits per heavy atom. The molecule has 0 aromatic carbocycles. The SMILES string of the molecule is CCC/C=C\C/C=C\CCCCCCCC(=O)OCC(COC1OC(C(=O)O)C(O)C(O)C1OC(=O)CCCCCCCC/C=C\C/C=C\C/C=C\CCCCC)OC(=O)CCCCCCC/C=C\C/C=C\CCC.